The van der Waals surface area contributed by atoms with Crippen molar-refractivity contribution in [2.45, 2.75) is 18.9 Å². The molecule has 0 unspecified atom stereocenters. The number of ether oxygens (including phenoxy) is 2. The van der Waals surface area contributed by atoms with E-state index in [1.165, 1.54) is 0 Å². The van der Waals surface area contributed by atoms with Gasteiger partial charge in [0.1, 0.15) is 6.10 Å². The van der Waals surface area contributed by atoms with Gasteiger partial charge < -0.3 is 19.7 Å². The van der Waals surface area contributed by atoms with Crippen molar-refractivity contribution in [1.29, 1.82) is 0 Å². The number of carbonyl (C=O) groups is 3. The maximum Gasteiger partial charge on any atom is 0.310 e. The van der Waals surface area contributed by atoms with Gasteiger partial charge in [-0.1, -0.05) is 0 Å². The monoisotopic (exact) mass is 370 g/mol. The first-order valence-electron chi connectivity index (χ1n) is 9.60. The van der Waals surface area contributed by atoms with Crippen molar-refractivity contribution in [3.8, 4) is 0 Å². The molecule has 2 aliphatic carbocycles. The third-order valence-corrected chi connectivity index (χ3v) is 6.48. The van der Waals surface area contributed by atoms with Crippen molar-refractivity contribution >= 4 is 23.5 Å². The number of nitrogens with zero attached hydrogens (tertiary/aromatic N) is 1. The molecule has 4 fully saturated rings. The van der Waals surface area contributed by atoms with Crippen LogP contribution in [0, 0.1) is 23.7 Å². The van der Waals surface area contributed by atoms with Crippen LogP contribution in [-0.4, -0.2) is 55.1 Å². The Balaban J connectivity index is 1.25. The summed E-state index contributed by atoms with van der Waals surface area (Å²) in [5, 5.41) is 2.93. The normalized spacial score (nSPS) is 33.9. The molecule has 4 aliphatic rings. The van der Waals surface area contributed by atoms with E-state index in [1.807, 2.05) is 0 Å². The standard InChI is InChI=1S/C20H22N2O5/c23-18(16-12-9-14-15(10-12)27-20(25)17(14)16)21-13-3-1-11(2-4-13)19(24)22-5-7-26-8-6-22/h1-4,12,14-17H,5-10H2,(H,21,23)/t12-,14+,15-,16-,17-/m1/s1. The molecule has 1 aromatic carbocycles. The van der Waals surface area contributed by atoms with Crippen LogP contribution in [0.5, 0.6) is 0 Å². The van der Waals surface area contributed by atoms with Crippen molar-refractivity contribution in [1.82, 2.24) is 4.90 Å². The molecular formula is C20H22N2O5. The Morgan fingerprint density at radius 1 is 1.07 bits per heavy atom. The summed E-state index contributed by atoms with van der Waals surface area (Å²) in [6.07, 6.45) is 1.74. The number of rotatable bonds is 3. The summed E-state index contributed by atoms with van der Waals surface area (Å²) < 4.78 is 10.7. The Kier molecular flexibility index (Phi) is 3.93. The number of morpholine rings is 1. The number of anilines is 1. The highest BCUT2D eigenvalue weighted by Gasteiger charge is 2.63. The zero-order chi connectivity index (χ0) is 18.5. The molecule has 7 nitrogen and oxygen atoms in total. The zero-order valence-electron chi connectivity index (χ0n) is 14.9. The van der Waals surface area contributed by atoms with Crippen molar-refractivity contribution in [2.24, 2.45) is 23.7 Å². The predicted octanol–water partition coefficient (Wildman–Crippen LogP) is 1.30. The van der Waals surface area contributed by atoms with Crippen molar-refractivity contribution in [3.05, 3.63) is 29.8 Å². The number of carbonyl (C=O) groups excluding carboxylic acids is 3. The molecule has 5 rings (SSSR count). The molecule has 2 amide bonds. The molecule has 0 spiro atoms. The van der Waals surface area contributed by atoms with Crippen molar-refractivity contribution < 1.29 is 23.9 Å². The number of benzene rings is 1. The molecule has 2 bridgehead atoms. The Labute approximate surface area is 157 Å². The predicted molar refractivity (Wildman–Crippen MR) is 94.9 cm³/mol. The Morgan fingerprint density at radius 2 is 1.81 bits per heavy atom. The van der Waals surface area contributed by atoms with Crippen molar-refractivity contribution in [2.75, 3.05) is 31.6 Å². The first-order valence-corrected chi connectivity index (χ1v) is 9.60. The molecule has 7 heteroatoms. The largest absolute Gasteiger partial charge is 0.462 e. The van der Waals surface area contributed by atoms with Gasteiger partial charge in [0.2, 0.25) is 5.91 Å². The molecular weight excluding hydrogens is 348 g/mol. The average Bonchev–Trinajstić information content (AvgIpc) is 3.31. The van der Waals surface area contributed by atoms with E-state index in [-0.39, 0.29) is 47.6 Å². The lowest BCUT2D eigenvalue weighted by atomic mass is 9.79. The Morgan fingerprint density at radius 3 is 2.56 bits per heavy atom. The van der Waals surface area contributed by atoms with E-state index in [1.54, 1.807) is 29.2 Å². The first kappa shape index (κ1) is 16.7. The van der Waals surface area contributed by atoms with E-state index in [9.17, 15) is 14.4 Å². The fourth-order valence-electron chi connectivity index (χ4n) is 5.23. The Bertz CT molecular complexity index is 784. The SMILES string of the molecule is O=C(Nc1ccc(C(=O)N2CCOCC2)cc1)[C@@H]1[C@@H]2C[C@@H]3[C@H]1C(=O)O[C@@H]3C2. The summed E-state index contributed by atoms with van der Waals surface area (Å²) in [6, 6.07) is 6.95. The highest BCUT2D eigenvalue weighted by atomic mass is 16.6. The topological polar surface area (TPSA) is 84.9 Å². The van der Waals surface area contributed by atoms with Gasteiger partial charge in [-0.3, -0.25) is 14.4 Å². The first-order chi connectivity index (χ1) is 13.1. The van der Waals surface area contributed by atoms with E-state index in [4.69, 9.17) is 9.47 Å². The number of nitrogens with one attached hydrogen (secondary N) is 1. The third-order valence-electron chi connectivity index (χ3n) is 6.48. The van der Waals surface area contributed by atoms with Gasteiger partial charge in [0.05, 0.1) is 25.0 Å². The fraction of sp³-hybridized carbons (Fsp3) is 0.550. The van der Waals surface area contributed by atoms with Gasteiger partial charge >= 0.3 is 5.97 Å². The molecule has 2 heterocycles. The molecule has 2 saturated carbocycles. The summed E-state index contributed by atoms with van der Waals surface area (Å²) in [7, 11) is 0. The second-order valence-electron chi connectivity index (χ2n) is 7.89. The second kappa shape index (κ2) is 6.34. The summed E-state index contributed by atoms with van der Waals surface area (Å²) in [4.78, 5) is 39.1. The lowest BCUT2D eigenvalue weighted by molar-refractivity contribution is -0.145. The minimum atomic E-state index is -0.295. The van der Waals surface area contributed by atoms with Crippen LogP contribution in [0.15, 0.2) is 24.3 Å². The van der Waals surface area contributed by atoms with Gasteiger partial charge in [-0.05, 0) is 43.0 Å². The maximum atomic E-state index is 12.8. The number of esters is 1. The molecule has 1 aromatic rings. The van der Waals surface area contributed by atoms with Crippen LogP contribution in [-0.2, 0) is 19.1 Å². The van der Waals surface area contributed by atoms with Gasteiger partial charge in [0.15, 0.2) is 0 Å². The summed E-state index contributed by atoms with van der Waals surface area (Å²) in [5.74, 6) is -0.477. The molecule has 2 aliphatic heterocycles. The minimum Gasteiger partial charge on any atom is -0.462 e. The van der Waals surface area contributed by atoms with Gasteiger partial charge in [0, 0.05) is 30.3 Å². The average molecular weight is 370 g/mol. The van der Waals surface area contributed by atoms with Crippen molar-refractivity contribution in [3.63, 3.8) is 0 Å². The van der Waals surface area contributed by atoms with Crippen LogP contribution in [0.4, 0.5) is 5.69 Å². The van der Waals surface area contributed by atoms with E-state index in [0.29, 0.717) is 37.6 Å². The fourth-order valence-corrected chi connectivity index (χ4v) is 5.23. The molecule has 0 aromatic heterocycles. The van der Waals surface area contributed by atoms with Gasteiger partial charge in [-0.25, -0.2) is 0 Å². The molecule has 27 heavy (non-hydrogen) atoms. The Hall–Kier alpha value is -2.41. The lowest BCUT2D eigenvalue weighted by Gasteiger charge is -2.27. The van der Waals surface area contributed by atoms with Gasteiger partial charge in [-0.2, -0.15) is 0 Å². The van der Waals surface area contributed by atoms with Crippen LogP contribution < -0.4 is 5.32 Å². The lowest BCUT2D eigenvalue weighted by Crippen LogP contribution is -2.40. The highest BCUT2D eigenvalue weighted by molar-refractivity contribution is 5.98. The molecule has 2 saturated heterocycles. The maximum absolute atomic E-state index is 12.8. The number of hydrogen-bond acceptors (Lipinski definition) is 5. The van der Waals surface area contributed by atoms with Crippen LogP contribution in [0.3, 0.4) is 0 Å². The quantitative estimate of drug-likeness (QED) is 0.811. The summed E-state index contributed by atoms with van der Waals surface area (Å²) in [6.45, 7) is 2.32. The summed E-state index contributed by atoms with van der Waals surface area (Å²) >= 11 is 0. The zero-order valence-corrected chi connectivity index (χ0v) is 14.9. The van der Waals surface area contributed by atoms with E-state index >= 15 is 0 Å². The van der Waals surface area contributed by atoms with E-state index in [0.717, 1.165) is 12.8 Å². The molecule has 1 N–H and O–H groups in total. The van der Waals surface area contributed by atoms with Crippen LogP contribution in [0.2, 0.25) is 0 Å². The van der Waals surface area contributed by atoms with Crippen LogP contribution in [0.1, 0.15) is 23.2 Å². The number of amides is 2. The van der Waals surface area contributed by atoms with Crippen LogP contribution >= 0.6 is 0 Å². The van der Waals surface area contributed by atoms with Gasteiger partial charge in [-0.15, -0.1) is 0 Å². The molecule has 142 valence electrons. The van der Waals surface area contributed by atoms with Crippen LogP contribution in [0.25, 0.3) is 0 Å². The number of fused-ring (bicyclic) bond motifs is 1. The summed E-state index contributed by atoms with van der Waals surface area (Å²) in [5.41, 5.74) is 1.24. The second-order valence-corrected chi connectivity index (χ2v) is 7.89. The molecule has 5 atom stereocenters. The minimum absolute atomic E-state index is 0.0241. The third kappa shape index (κ3) is 2.72. The van der Waals surface area contributed by atoms with E-state index < -0.39 is 0 Å². The van der Waals surface area contributed by atoms with Gasteiger partial charge in [0.25, 0.3) is 5.91 Å². The molecule has 0 radical (unpaired) electrons. The van der Waals surface area contributed by atoms with E-state index in [2.05, 4.69) is 5.32 Å². The number of hydrogen-bond donors (Lipinski definition) is 1. The highest BCUT2D eigenvalue weighted by Crippen LogP contribution is 2.57. The smallest absolute Gasteiger partial charge is 0.310 e.